The minimum atomic E-state index is -0.902. The van der Waals surface area contributed by atoms with Gasteiger partial charge in [-0.25, -0.2) is 14.8 Å². The van der Waals surface area contributed by atoms with Gasteiger partial charge >= 0.3 is 5.97 Å². The number of nitrogens with zero attached hydrogens (tertiary/aromatic N) is 2. The molecule has 3 heterocycles. The summed E-state index contributed by atoms with van der Waals surface area (Å²) in [5.41, 5.74) is 0.972. The minimum Gasteiger partial charge on any atom is -0.477 e. The highest BCUT2D eigenvalue weighted by molar-refractivity contribution is 9.10. The number of aromatic carboxylic acids is 1. The van der Waals surface area contributed by atoms with Crippen LogP contribution in [0.1, 0.15) is 9.67 Å². The van der Waals surface area contributed by atoms with E-state index in [2.05, 4.69) is 25.9 Å². The van der Waals surface area contributed by atoms with Crippen molar-refractivity contribution in [1.29, 1.82) is 0 Å². The Bertz CT molecular complexity index is 750. The highest BCUT2D eigenvalue weighted by Gasteiger charge is 2.14. The zero-order valence-electron chi connectivity index (χ0n) is 8.75. The first-order chi connectivity index (χ1) is 8.66. The third kappa shape index (κ3) is 1.84. The number of thiophene rings is 2. The Kier molecular flexibility index (Phi) is 2.89. The Morgan fingerprint density at radius 3 is 2.89 bits per heavy atom. The second-order valence-corrected chi connectivity index (χ2v) is 6.16. The fourth-order valence-corrected chi connectivity index (χ4v) is 4.09. The Labute approximate surface area is 118 Å². The van der Waals surface area contributed by atoms with Crippen LogP contribution in [0, 0.1) is 0 Å². The molecule has 3 aromatic heterocycles. The van der Waals surface area contributed by atoms with Crippen LogP contribution < -0.4 is 0 Å². The molecule has 18 heavy (non-hydrogen) atoms. The average molecular weight is 341 g/mol. The van der Waals surface area contributed by atoms with Crippen LogP contribution >= 0.6 is 38.6 Å². The first kappa shape index (κ1) is 11.8. The maximum Gasteiger partial charge on any atom is 0.345 e. The second-order valence-electron chi connectivity index (χ2n) is 3.46. The summed E-state index contributed by atoms with van der Waals surface area (Å²) in [7, 11) is 0. The third-order valence-electron chi connectivity index (χ3n) is 2.41. The Hall–Kier alpha value is -1.31. The zero-order chi connectivity index (χ0) is 12.7. The number of rotatable bonds is 2. The summed E-state index contributed by atoms with van der Waals surface area (Å²) in [4.78, 5) is 21.3. The third-order valence-corrected chi connectivity index (χ3v) is 5.00. The van der Waals surface area contributed by atoms with Gasteiger partial charge in [0.25, 0.3) is 0 Å². The summed E-state index contributed by atoms with van der Waals surface area (Å²) in [6.07, 6.45) is 1.50. The van der Waals surface area contributed by atoms with Crippen molar-refractivity contribution in [3.63, 3.8) is 0 Å². The molecule has 0 bridgehead atoms. The monoisotopic (exact) mass is 340 g/mol. The average Bonchev–Trinajstić information content (AvgIpc) is 2.94. The molecule has 3 rings (SSSR count). The highest BCUT2D eigenvalue weighted by atomic mass is 79.9. The van der Waals surface area contributed by atoms with Crippen LogP contribution in [0.15, 0.2) is 28.4 Å². The van der Waals surface area contributed by atoms with E-state index in [1.54, 1.807) is 6.07 Å². The standard InChI is InChI=1S/C11H5BrN2O2S2/c12-9-8-5(3-17-10(8)14-4-13-9)6-1-2-7(18-6)11(15)16/h1-4H,(H,15,16). The van der Waals surface area contributed by atoms with E-state index >= 15 is 0 Å². The van der Waals surface area contributed by atoms with Crippen molar-refractivity contribution < 1.29 is 9.90 Å². The van der Waals surface area contributed by atoms with E-state index < -0.39 is 5.97 Å². The van der Waals surface area contributed by atoms with Gasteiger partial charge in [0.15, 0.2) is 0 Å². The van der Waals surface area contributed by atoms with Crippen molar-refractivity contribution in [3.8, 4) is 10.4 Å². The van der Waals surface area contributed by atoms with Gasteiger partial charge in [0.2, 0.25) is 0 Å². The Morgan fingerprint density at radius 1 is 1.33 bits per heavy atom. The van der Waals surface area contributed by atoms with E-state index in [1.165, 1.54) is 29.0 Å². The number of halogens is 1. The number of carboxylic acid groups (broad SMARTS) is 1. The fourth-order valence-electron chi connectivity index (χ4n) is 1.62. The van der Waals surface area contributed by atoms with Crippen molar-refractivity contribution in [2.75, 3.05) is 0 Å². The molecular formula is C11H5BrN2O2S2. The summed E-state index contributed by atoms with van der Waals surface area (Å²) in [5, 5.41) is 11.8. The molecule has 0 fully saturated rings. The molecule has 0 radical (unpaired) electrons. The molecule has 0 saturated heterocycles. The number of hydrogen-bond donors (Lipinski definition) is 1. The van der Waals surface area contributed by atoms with Gasteiger partial charge < -0.3 is 5.11 Å². The van der Waals surface area contributed by atoms with Gasteiger partial charge in [-0.3, -0.25) is 0 Å². The van der Waals surface area contributed by atoms with Gasteiger partial charge in [-0.15, -0.1) is 22.7 Å². The molecule has 0 aromatic carbocycles. The van der Waals surface area contributed by atoms with Crippen LogP contribution in [-0.2, 0) is 0 Å². The van der Waals surface area contributed by atoms with Crippen molar-refractivity contribution >= 4 is 54.8 Å². The second kappa shape index (κ2) is 4.42. The molecule has 90 valence electrons. The molecule has 1 N–H and O–H groups in total. The van der Waals surface area contributed by atoms with Crippen LogP contribution in [0.2, 0.25) is 0 Å². The molecule has 0 aliphatic carbocycles. The topological polar surface area (TPSA) is 63.1 Å². The number of carbonyl (C=O) groups is 1. The maximum absolute atomic E-state index is 10.9. The summed E-state index contributed by atoms with van der Waals surface area (Å²) in [5.74, 6) is -0.902. The Balaban J connectivity index is 2.22. The fraction of sp³-hybridized carbons (Fsp3) is 0. The van der Waals surface area contributed by atoms with E-state index in [0.717, 1.165) is 25.3 Å². The summed E-state index contributed by atoms with van der Waals surface area (Å²) in [6, 6.07) is 3.43. The van der Waals surface area contributed by atoms with Crippen LogP contribution in [0.3, 0.4) is 0 Å². The minimum absolute atomic E-state index is 0.331. The molecule has 0 aliphatic heterocycles. The normalized spacial score (nSPS) is 10.9. The van der Waals surface area contributed by atoms with E-state index in [-0.39, 0.29) is 0 Å². The van der Waals surface area contributed by atoms with Gasteiger partial charge in [0, 0.05) is 15.8 Å². The molecule has 0 spiro atoms. The highest BCUT2D eigenvalue weighted by Crippen LogP contribution is 2.39. The lowest BCUT2D eigenvalue weighted by molar-refractivity contribution is 0.0702. The number of hydrogen-bond acceptors (Lipinski definition) is 5. The molecule has 0 amide bonds. The molecule has 0 unspecified atom stereocenters. The predicted octanol–water partition coefficient (Wildman–Crippen LogP) is 3.88. The largest absolute Gasteiger partial charge is 0.477 e. The first-order valence-corrected chi connectivity index (χ1v) is 7.37. The van der Waals surface area contributed by atoms with E-state index in [9.17, 15) is 4.79 Å². The zero-order valence-corrected chi connectivity index (χ0v) is 12.0. The van der Waals surface area contributed by atoms with Gasteiger partial charge in [-0.1, -0.05) is 0 Å². The van der Waals surface area contributed by atoms with Crippen LogP contribution in [-0.4, -0.2) is 21.0 Å². The van der Waals surface area contributed by atoms with E-state index in [1.807, 2.05) is 11.4 Å². The number of carboxylic acids is 1. The maximum atomic E-state index is 10.9. The first-order valence-electron chi connectivity index (χ1n) is 4.88. The SMILES string of the molecule is O=C(O)c1ccc(-c2csc3ncnc(Br)c23)s1. The van der Waals surface area contributed by atoms with Crippen molar-refractivity contribution in [2.24, 2.45) is 0 Å². The molecular weight excluding hydrogens is 336 g/mol. The van der Waals surface area contributed by atoms with Gasteiger partial charge in [0.05, 0.1) is 5.39 Å². The Morgan fingerprint density at radius 2 is 2.17 bits per heavy atom. The lowest BCUT2D eigenvalue weighted by Crippen LogP contribution is -1.89. The predicted molar refractivity (Wildman–Crippen MR) is 75.4 cm³/mol. The summed E-state index contributed by atoms with van der Waals surface area (Å²) < 4.78 is 0.731. The summed E-state index contributed by atoms with van der Waals surface area (Å²) >= 11 is 6.18. The molecule has 7 heteroatoms. The molecule has 4 nitrogen and oxygen atoms in total. The van der Waals surface area contributed by atoms with Crippen molar-refractivity contribution in [2.45, 2.75) is 0 Å². The van der Waals surface area contributed by atoms with Gasteiger partial charge in [0.1, 0.15) is 20.6 Å². The molecule has 0 saturated carbocycles. The quantitative estimate of drug-likeness (QED) is 0.719. The van der Waals surface area contributed by atoms with Gasteiger partial charge in [-0.05, 0) is 28.1 Å². The summed E-state index contributed by atoms with van der Waals surface area (Å²) in [6.45, 7) is 0. The molecule has 0 aliphatic rings. The van der Waals surface area contributed by atoms with Crippen LogP contribution in [0.5, 0.6) is 0 Å². The molecule has 0 atom stereocenters. The van der Waals surface area contributed by atoms with Crippen molar-refractivity contribution in [1.82, 2.24) is 9.97 Å². The van der Waals surface area contributed by atoms with Crippen LogP contribution in [0.4, 0.5) is 0 Å². The van der Waals surface area contributed by atoms with E-state index in [4.69, 9.17) is 5.11 Å². The number of fused-ring (bicyclic) bond motifs is 1. The lowest BCUT2D eigenvalue weighted by Gasteiger charge is -1.96. The van der Waals surface area contributed by atoms with Gasteiger partial charge in [-0.2, -0.15) is 0 Å². The van der Waals surface area contributed by atoms with Crippen molar-refractivity contribution in [3.05, 3.63) is 33.3 Å². The lowest BCUT2D eigenvalue weighted by atomic mass is 10.2. The smallest absolute Gasteiger partial charge is 0.345 e. The van der Waals surface area contributed by atoms with E-state index in [0.29, 0.717) is 4.88 Å². The molecule has 3 aromatic rings. The number of aromatic nitrogens is 2. The van der Waals surface area contributed by atoms with Crippen LogP contribution in [0.25, 0.3) is 20.7 Å².